The number of nitrogens with one attached hydrogen (secondary N) is 1. The van der Waals surface area contributed by atoms with Crippen LogP contribution in [0.4, 0.5) is 0 Å². The van der Waals surface area contributed by atoms with Gasteiger partial charge in [0, 0.05) is 5.92 Å². The number of rotatable bonds is 4. The topological polar surface area (TPSA) is 47.3 Å². The molecule has 1 aromatic rings. The lowest BCUT2D eigenvalue weighted by atomic mass is 9.81. The molecule has 3 N–H and O–H groups in total. The Bertz CT molecular complexity index is 403. The van der Waals surface area contributed by atoms with Gasteiger partial charge < -0.3 is 4.74 Å². The first kappa shape index (κ1) is 12.2. The molecule has 0 amide bonds. The number of aryl methyl sites for hydroxylation is 1. The van der Waals surface area contributed by atoms with Crippen LogP contribution in [0.3, 0.4) is 0 Å². The average molecular weight is 246 g/mol. The minimum absolute atomic E-state index is 0.228. The summed E-state index contributed by atoms with van der Waals surface area (Å²) in [6.45, 7) is 2.18. The van der Waals surface area contributed by atoms with Gasteiger partial charge in [-0.05, 0) is 36.8 Å². The SMILES string of the molecule is CCc1ccc(C(NN)C2CC3CCC2O3)cc1. The molecule has 2 aliphatic rings. The van der Waals surface area contributed by atoms with Gasteiger partial charge in [0.15, 0.2) is 0 Å². The molecule has 0 aliphatic carbocycles. The highest BCUT2D eigenvalue weighted by Gasteiger charge is 2.44. The second-order valence-electron chi connectivity index (χ2n) is 5.51. The molecule has 1 aromatic carbocycles. The van der Waals surface area contributed by atoms with Crippen LogP contribution in [-0.4, -0.2) is 12.2 Å². The maximum atomic E-state index is 5.94. The van der Waals surface area contributed by atoms with Crippen LogP contribution in [0.15, 0.2) is 24.3 Å². The van der Waals surface area contributed by atoms with E-state index in [0.717, 1.165) is 12.8 Å². The molecule has 2 bridgehead atoms. The number of fused-ring (bicyclic) bond motifs is 2. The quantitative estimate of drug-likeness (QED) is 0.633. The molecule has 0 spiro atoms. The lowest BCUT2D eigenvalue weighted by molar-refractivity contribution is 0.0857. The van der Waals surface area contributed by atoms with Gasteiger partial charge in [0.05, 0.1) is 18.2 Å². The predicted octanol–water partition coefficient (Wildman–Crippen LogP) is 2.32. The molecular formula is C15H22N2O. The highest BCUT2D eigenvalue weighted by molar-refractivity contribution is 5.26. The third-order valence-electron chi connectivity index (χ3n) is 4.51. The van der Waals surface area contributed by atoms with Crippen LogP contribution in [-0.2, 0) is 11.2 Å². The molecule has 0 saturated carbocycles. The van der Waals surface area contributed by atoms with Crippen LogP contribution in [0.2, 0.25) is 0 Å². The zero-order chi connectivity index (χ0) is 12.5. The van der Waals surface area contributed by atoms with Gasteiger partial charge >= 0.3 is 0 Å². The number of nitrogens with two attached hydrogens (primary N) is 1. The summed E-state index contributed by atoms with van der Waals surface area (Å²) in [7, 11) is 0. The van der Waals surface area contributed by atoms with Gasteiger partial charge in [0.2, 0.25) is 0 Å². The number of hydrogen-bond acceptors (Lipinski definition) is 3. The van der Waals surface area contributed by atoms with Crippen molar-refractivity contribution in [3.8, 4) is 0 Å². The molecule has 0 aromatic heterocycles. The summed E-state index contributed by atoms with van der Waals surface area (Å²) < 4.78 is 5.94. The van der Waals surface area contributed by atoms with Crippen LogP contribution in [0, 0.1) is 5.92 Å². The van der Waals surface area contributed by atoms with Crippen LogP contribution in [0.25, 0.3) is 0 Å². The van der Waals surface area contributed by atoms with Gasteiger partial charge in [0.25, 0.3) is 0 Å². The van der Waals surface area contributed by atoms with Gasteiger partial charge in [-0.1, -0.05) is 31.2 Å². The van der Waals surface area contributed by atoms with E-state index in [2.05, 4.69) is 36.6 Å². The third kappa shape index (κ3) is 2.07. The monoisotopic (exact) mass is 246 g/mol. The highest BCUT2D eigenvalue weighted by atomic mass is 16.5. The highest BCUT2D eigenvalue weighted by Crippen LogP contribution is 2.44. The van der Waals surface area contributed by atoms with E-state index in [9.17, 15) is 0 Å². The van der Waals surface area contributed by atoms with Gasteiger partial charge in [-0.25, -0.2) is 0 Å². The Labute approximate surface area is 109 Å². The van der Waals surface area contributed by atoms with Crippen LogP contribution < -0.4 is 11.3 Å². The molecule has 4 unspecified atom stereocenters. The zero-order valence-electron chi connectivity index (χ0n) is 10.9. The summed E-state index contributed by atoms with van der Waals surface area (Å²) in [5.41, 5.74) is 5.66. The van der Waals surface area contributed by atoms with Crippen molar-refractivity contribution in [2.45, 2.75) is 50.9 Å². The van der Waals surface area contributed by atoms with E-state index in [-0.39, 0.29) is 6.04 Å². The maximum Gasteiger partial charge on any atom is 0.0627 e. The Hall–Kier alpha value is -0.900. The number of hydrazine groups is 1. The fraction of sp³-hybridized carbons (Fsp3) is 0.600. The molecular weight excluding hydrogens is 224 g/mol. The largest absolute Gasteiger partial charge is 0.375 e. The first-order chi connectivity index (χ1) is 8.81. The van der Waals surface area contributed by atoms with Gasteiger partial charge in [0.1, 0.15) is 0 Å². The number of benzene rings is 1. The minimum Gasteiger partial charge on any atom is -0.375 e. The number of ether oxygens (including phenoxy) is 1. The normalized spacial score (nSPS) is 31.8. The Morgan fingerprint density at radius 2 is 2.11 bits per heavy atom. The Morgan fingerprint density at radius 1 is 1.33 bits per heavy atom. The van der Waals surface area contributed by atoms with E-state index < -0.39 is 0 Å². The number of hydrogen-bond donors (Lipinski definition) is 2. The average Bonchev–Trinajstić information content (AvgIpc) is 3.03. The summed E-state index contributed by atoms with van der Waals surface area (Å²) in [4.78, 5) is 0. The van der Waals surface area contributed by atoms with Gasteiger partial charge in [-0.2, -0.15) is 0 Å². The van der Waals surface area contributed by atoms with E-state index in [1.54, 1.807) is 0 Å². The Kier molecular flexibility index (Phi) is 3.37. The van der Waals surface area contributed by atoms with Crippen molar-refractivity contribution in [3.05, 3.63) is 35.4 Å². The molecule has 2 fully saturated rings. The Morgan fingerprint density at radius 3 is 2.61 bits per heavy atom. The van der Waals surface area contributed by atoms with Crippen molar-refractivity contribution < 1.29 is 4.74 Å². The molecule has 3 rings (SSSR count). The molecule has 2 aliphatic heterocycles. The molecule has 98 valence electrons. The molecule has 3 heteroatoms. The van der Waals surface area contributed by atoms with Gasteiger partial charge in [-0.3, -0.25) is 11.3 Å². The van der Waals surface area contributed by atoms with Crippen LogP contribution in [0.1, 0.15) is 43.4 Å². The van der Waals surface area contributed by atoms with E-state index in [1.165, 1.54) is 24.0 Å². The third-order valence-corrected chi connectivity index (χ3v) is 4.51. The fourth-order valence-electron chi connectivity index (χ4n) is 3.46. The molecule has 2 heterocycles. The Balaban J connectivity index is 1.79. The minimum atomic E-state index is 0.228. The summed E-state index contributed by atoms with van der Waals surface area (Å²) in [5, 5.41) is 0. The van der Waals surface area contributed by atoms with Crippen molar-refractivity contribution in [2.24, 2.45) is 11.8 Å². The van der Waals surface area contributed by atoms with E-state index in [1.807, 2.05) is 0 Å². The van der Waals surface area contributed by atoms with Crippen molar-refractivity contribution in [1.82, 2.24) is 5.43 Å². The van der Waals surface area contributed by atoms with Crippen molar-refractivity contribution >= 4 is 0 Å². The first-order valence-corrected chi connectivity index (χ1v) is 7.02. The maximum absolute atomic E-state index is 5.94. The summed E-state index contributed by atoms with van der Waals surface area (Å²) in [6, 6.07) is 9.04. The zero-order valence-corrected chi connectivity index (χ0v) is 10.9. The second-order valence-corrected chi connectivity index (χ2v) is 5.51. The molecule has 2 saturated heterocycles. The predicted molar refractivity (Wildman–Crippen MR) is 71.9 cm³/mol. The van der Waals surface area contributed by atoms with E-state index in [4.69, 9.17) is 10.6 Å². The van der Waals surface area contributed by atoms with Crippen molar-refractivity contribution in [2.75, 3.05) is 0 Å². The summed E-state index contributed by atoms with van der Waals surface area (Å²) >= 11 is 0. The smallest absolute Gasteiger partial charge is 0.0627 e. The first-order valence-electron chi connectivity index (χ1n) is 7.02. The van der Waals surface area contributed by atoms with Crippen LogP contribution >= 0.6 is 0 Å². The van der Waals surface area contributed by atoms with Gasteiger partial charge in [-0.15, -0.1) is 0 Å². The standard InChI is InChI=1S/C15H22N2O/c1-2-10-3-5-11(6-4-10)15(17-16)13-9-12-7-8-14(13)18-12/h3-6,12-15,17H,2,7-9,16H2,1H3. The lowest BCUT2D eigenvalue weighted by Crippen LogP contribution is -2.37. The second kappa shape index (κ2) is 5.00. The summed E-state index contributed by atoms with van der Waals surface area (Å²) in [5.74, 6) is 6.31. The van der Waals surface area contributed by atoms with E-state index >= 15 is 0 Å². The van der Waals surface area contributed by atoms with Crippen molar-refractivity contribution in [3.63, 3.8) is 0 Å². The van der Waals surface area contributed by atoms with Crippen molar-refractivity contribution in [1.29, 1.82) is 0 Å². The fourth-order valence-corrected chi connectivity index (χ4v) is 3.46. The molecule has 4 atom stereocenters. The molecule has 18 heavy (non-hydrogen) atoms. The van der Waals surface area contributed by atoms with Crippen LogP contribution in [0.5, 0.6) is 0 Å². The molecule has 3 nitrogen and oxygen atoms in total. The molecule has 0 radical (unpaired) electrons. The van der Waals surface area contributed by atoms with E-state index in [0.29, 0.717) is 18.1 Å². The summed E-state index contributed by atoms with van der Waals surface area (Å²) in [6.07, 6.45) is 5.54. The lowest BCUT2D eigenvalue weighted by Gasteiger charge is -2.28.